The maximum Gasteiger partial charge on any atom is 0.254 e. The van der Waals surface area contributed by atoms with E-state index in [2.05, 4.69) is 4.98 Å². The third kappa shape index (κ3) is 4.13. The van der Waals surface area contributed by atoms with Crippen LogP contribution in [0.3, 0.4) is 0 Å². The predicted octanol–water partition coefficient (Wildman–Crippen LogP) is 0.996. The Kier molecular flexibility index (Phi) is 5.72. The Morgan fingerprint density at radius 3 is 2.37 bits per heavy atom. The Morgan fingerprint density at radius 1 is 1.32 bits per heavy atom. The van der Waals surface area contributed by atoms with Crippen molar-refractivity contribution in [1.82, 2.24) is 14.2 Å². The molecule has 0 saturated heterocycles. The standard InChI is InChI=1S/C11H22N4O2S2/c1-5-15(8-6-7-14(3)4)19(16,17)10-9(2)13-11(12)18-10/h5-8H2,1-4H3,(H2,12,13). The van der Waals surface area contributed by atoms with Crippen molar-refractivity contribution >= 4 is 26.5 Å². The van der Waals surface area contributed by atoms with Crippen LogP contribution in [0, 0.1) is 6.92 Å². The van der Waals surface area contributed by atoms with Gasteiger partial charge in [-0.2, -0.15) is 4.31 Å². The fourth-order valence-corrected chi connectivity index (χ4v) is 4.69. The number of nitrogens with zero attached hydrogens (tertiary/aromatic N) is 3. The molecule has 19 heavy (non-hydrogen) atoms. The van der Waals surface area contributed by atoms with Crippen molar-refractivity contribution in [2.24, 2.45) is 0 Å². The van der Waals surface area contributed by atoms with Crippen LogP contribution in [0.1, 0.15) is 19.0 Å². The number of nitrogen functional groups attached to an aromatic ring is 1. The molecule has 0 aliphatic carbocycles. The van der Waals surface area contributed by atoms with E-state index in [-0.39, 0.29) is 4.21 Å². The van der Waals surface area contributed by atoms with Gasteiger partial charge in [0.25, 0.3) is 10.0 Å². The van der Waals surface area contributed by atoms with Gasteiger partial charge in [0.15, 0.2) is 9.34 Å². The van der Waals surface area contributed by atoms with Crippen molar-refractivity contribution < 1.29 is 8.42 Å². The summed E-state index contributed by atoms with van der Waals surface area (Å²) in [5.41, 5.74) is 6.06. The molecule has 2 N–H and O–H groups in total. The minimum atomic E-state index is -3.47. The molecule has 0 radical (unpaired) electrons. The highest BCUT2D eigenvalue weighted by molar-refractivity contribution is 7.91. The Labute approximate surface area is 119 Å². The summed E-state index contributed by atoms with van der Waals surface area (Å²) >= 11 is 1.03. The predicted molar refractivity (Wildman–Crippen MR) is 78.9 cm³/mol. The van der Waals surface area contributed by atoms with Crippen molar-refractivity contribution in [2.45, 2.75) is 24.5 Å². The zero-order chi connectivity index (χ0) is 14.6. The topological polar surface area (TPSA) is 79.5 Å². The molecular weight excluding hydrogens is 284 g/mol. The zero-order valence-electron chi connectivity index (χ0n) is 11.9. The second kappa shape index (κ2) is 6.65. The van der Waals surface area contributed by atoms with Crippen LogP contribution in [0.15, 0.2) is 4.21 Å². The first-order chi connectivity index (χ1) is 8.78. The van der Waals surface area contributed by atoms with Crippen LogP contribution in [0.4, 0.5) is 5.13 Å². The van der Waals surface area contributed by atoms with Gasteiger partial charge in [-0.25, -0.2) is 13.4 Å². The number of aromatic nitrogens is 1. The van der Waals surface area contributed by atoms with E-state index in [0.717, 1.165) is 24.3 Å². The Hall–Kier alpha value is -0.700. The second-order valence-corrected chi connectivity index (χ2v) is 7.74. The third-order valence-electron chi connectivity index (χ3n) is 2.71. The molecule has 0 unspecified atom stereocenters. The number of hydrogen-bond acceptors (Lipinski definition) is 6. The molecule has 1 aromatic heterocycles. The van der Waals surface area contributed by atoms with Gasteiger partial charge in [-0.1, -0.05) is 18.3 Å². The molecule has 6 nitrogen and oxygen atoms in total. The quantitative estimate of drug-likeness (QED) is 0.813. The number of sulfonamides is 1. The van der Waals surface area contributed by atoms with Crippen molar-refractivity contribution in [3.63, 3.8) is 0 Å². The highest BCUT2D eigenvalue weighted by Crippen LogP contribution is 2.27. The van der Waals surface area contributed by atoms with Gasteiger partial charge in [-0.15, -0.1) is 0 Å². The highest BCUT2D eigenvalue weighted by atomic mass is 32.2. The van der Waals surface area contributed by atoms with Gasteiger partial charge in [0, 0.05) is 13.1 Å². The van der Waals surface area contributed by atoms with E-state index in [1.807, 2.05) is 25.9 Å². The molecule has 110 valence electrons. The van der Waals surface area contributed by atoms with E-state index in [9.17, 15) is 8.42 Å². The first kappa shape index (κ1) is 16.4. The summed E-state index contributed by atoms with van der Waals surface area (Å²) in [4.78, 5) is 6.02. The highest BCUT2D eigenvalue weighted by Gasteiger charge is 2.27. The van der Waals surface area contributed by atoms with E-state index >= 15 is 0 Å². The van der Waals surface area contributed by atoms with Gasteiger partial charge >= 0.3 is 0 Å². The average Bonchev–Trinajstić information content (AvgIpc) is 2.64. The third-order valence-corrected chi connectivity index (χ3v) is 6.26. The molecular formula is C11H22N4O2S2. The summed E-state index contributed by atoms with van der Waals surface area (Å²) in [6.07, 6.45) is 0.799. The minimum Gasteiger partial charge on any atom is -0.375 e. The number of rotatable bonds is 7. The summed E-state index contributed by atoms with van der Waals surface area (Å²) in [6.45, 7) is 5.33. The average molecular weight is 306 g/mol. The lowest BCUT2D eigenvalue weighted by molar-refractivity contribution is 0.356. The first-order valence-electron chi connectivity index (χ1n) is 6.16. The molecule has 1 rings (SSSR count). The molecule has 0 amide bonds. The van der Waals surface area contributed by atoms with Crippen LogP contribution in [0.2, 0.25) is 0 Å². The van der Waals surface area contributed by atoms with E-state index in [1.165, 1.54) is 4.31 Å². The Morgan fingerprint density at radius 2 is 1.95 bits per heavy atom. The van der Waals surface area contributed by atoms with Gasteiger partial charge < -0.3 is 10.6 Å². The van der Waals surface area contributed by atoms with Crippen molar-refractivity contribution in [2.75, 3.05) is 39.5 Å². The number of aryl methyl sites for hydroxylation is 1. The first-order valence-corrected chi connectivity index (χ1v) is 8.42. The maximum absolute atomic E-state index is 12.5. The maximum atomic E-state index is 12.5. The van der Waals surface area contributed by atoms with Gasteiger partial charge in [0.2, 0.25) is 0 Å². The number of anilines is 1. The summed E-state index contributed by atoms with van der Waals surface area (Å²) in [5, 5.41) is 0.292. The molecule has 0 fully saturated rings. The molecule has 0 aromatic carbocycles. The fourth-order valence-electron chi connectivity index (χ4n) is 1.77. The number of nitrogens with two attached hydrogens (primary N) is 1. The monoisotopic (exact) mass is 306 g/mol. The summed E-state index contributed by atoms with van der Waals surface area (Å²) in [7, 11) is 0.474. The van der Waals surface area contributed by atoms with Crippen LogP contribution >= 0.6 is 11.3 Å². The summed E-state index contributed by atoms with van der Waals surface area (Å²) in [5.74, 6) is 0. The van der Waals surface area contributed by atoms with Crippen LogP contribution in [-0.4, -0.2) is 56.3 Å². The molecule has 1 aromatic rings. The SMILES string of the molecule is CCN(CCCN(C)C)S(=O)(=O)c1sc(N)nc1C. The smallest absolute Gasteiger partial charge is 0.254 e. The van der Waals surface area contributed by atoms with E-state index in [0.29, 0.717) is 23.9 Å². The van der Waals surface area contributed by atoms with Gasteiger partial charge in [-0.3, -0.25) is 0 Å². The molecule has 0 aliphatic heterocycles. The van der Waals surface area contributed by atoms with E-state index < -0.39 is 10.0 Å². The van der Waals surface area contributed by atoms with Crippen molar-refractivity contribution in [3.8, 4) is 0 Å². The Bertz CT molecular complexity index is 511. The van der Waals surface area contributed by atoms with Crippen LogP contribution < -0.4 is 5.73 Å². The van der Waals surface area contributed by atoms with Crippen LogP contribution in [0.25, 0.3) is 0 Å². The lowest BCUT2D eigenvalue weighted by atomic mass is 10.4. The largest absolute Gasteiger partial charge is 0.375 e. The molecule has 0 atom stereocenters. The van der Waals surface area contributed by atoms with Crippen LogP contribution in [-0.2, 0) is 10.0 Å². The zero-order valence-corrected chi connectivity index (χ0v) is 13.5. The van der Waals surface area contributed by atoms with Crippen LogP contribution in [0.5, 0.6) is 0 Å². The molecule has 0 spiro atoms. The second-order valence-electron chi connectivity index (χ2n) is 4.58. The Balaban J connectivity index is 2.87. The summed E-state index contributed by atoms with van der Waals surface area (Å²) in [6, 6.07) is 0. The number of hydrogen-bond donors (Lipinski definition) is 1. The minimum absolute atomic E-state index is 0.261. The number of thiazole rings is 1. The normalized spacial score (nSPS) is 12.5. The van der Waals surface area contributed by atoms with Gasteiger partial charge in [0.1, 0.15) is 0 Å². The lowest BCUT2D eigenvalue weighted by Gasteiger charge is -2.20. The van der Waals surface area contributed by atoms with Gasteiger partial charge in [-0.05, 0) is 34.0 Å². The molecule has 1 heterocycles. The van der Waals surface area contributed by atoms with E-state index in [1.54, 1.807) is 6.92 Å². The van der Waals surface area contributed by atoms with E-state index in [4.69, 9.17) is 5.73 Å². The van der Waals surface area contributed by atoms with Gasteiger partial charge in [0.05, 0.1) is 5.69 Å². The fraction of sp³-hybridized carbons (Fsp3) is 0.727. The van der Waals surface area contributed by atoms with Crippen molar-refractivity contribution in [3.05, 3.63) is 5.69 Å². The van der Waals surface area contributed by atoms with Crippen molar-refractivity contribution in [1.29, 1.82) is 0 Å². The molecule has 0 bridgehead atoms. The molecule has 8 heteroatoms. The molecule has 0 aliphatic rings. The summed E-state index contributed by atoms with van der Waals surface area (Å²) < 4.78 is 26.7. The lowest BCUT2D eigenvalue weighted by Crippen LogP contribution is -2.33. The molecule has 0 saturated carbocycles.